The van der Waals surface area contributed by atoms with Crippen molar-refractivity contribution in [1.82, 2.24) is 5.32 Å². The number of methoxy groups -OCH3 is 1. The molecule has 6 heteroatoms. The highest BCUT2D eigenvalue weighted by molar-refractivity contribution is 9.10. The SMILES string of the molecule is COc1ccc(Br)c(C(=O)NCC2(O)CCOCC2)c1. The van der Waals surface area contributed by atoms with E-state index in [2.05, 4.69) is 21.2 Å². The van der Waals surface area contributed by atoms with E-state index >= 15 is 0 Å². The molecule has 1 aliphatic heterocycles. The minimum Gasteiger partial charge on any atom is -0.497 e. The molecule has 1 aromatic rings. The lowest BCUT2D eigenvalue weighted by Gasteiger charge is -2.32. The van der Waals surface area contributed by atoms with E-state index in [-0.39, 0.29) is 12.5 Å². The Morgan fingerprint density at radius 1 is 1.50 bits per heavy atom. The number of amides is 1. The predicted molar refractivity (Wildman–Crippen MR) is 78.0 cm³/mol. The van der Waals surface area contributed by atoms with Gasteiger partial charge in [-0.3, -0.25) is 4.79 Å². The molecule has 0 radical (unpaired) electrons. The third-order valence-corrected chi connectivity index (χ3v) is 4.11. The lowest BCUT2D eigenvalue weighted by Crippen LogP contribution is -2.46. The fourth-order valence-electron chi connectivity index (χ4n) is 2.07. The molecule has 0 bridgehead atoms. The molecule has 0 aromatic heterocycles. The number of carbonyl (C=O) groups is 1. The van der Waals surface area contributed by atoms with Crippen molar-refractivity contribution in [3.8, 4) is 5.75 Å². The third kappa shape index (κ3) is 3.71. The molecule has 1 heterocycles. The van der Waals surface area contributed by atoms with Gasteiger partial charge >= 0.3 is 0 Å². The first kappa shape index (κ1) is 15.3. The monoisotopic (exact) mass is 343 g/mol. The predicted octanol–water partition coefficient (Wildman–Crippen LogP) is 1.73. The van der Waals surface area contributed by atoms with Gasteiger partial charge in [0.1, 0.15) is 5.75 Å². The summed E-state index contributed by atoms with van der Waals surface area (Å²) in [5, 5.41) is 13.1. The van der Waals surface area contributed by atoms with E-state index in [4.69, 9.17) is 9.47 Å². The molecule has 1 amide bonds. The topological polar surface area (TPSA) is 67.8 Å². The van der Waals surface area contributed by atoms with E-state index in [1.165, 1.54) is 0 Å². The second kappa shape index (κ2) is 6.56. The summed E-state index contributed by atoms with van der Waals surface area (Å²) in [7, 11) is 1.55. The molecule has 1 saturated heterocycles. The molecule has 2 rings (SSSR count). The van der Waals surface area contributed by atoms with Crippen molar-refractivity contribution in [2.24, 2.45) is 0 Å². The van der Waals surface area contributed by atoms with Crippen LogP contribution in [0.25, 0.3) is 0 Å². The summed E-state index contributed by atoms with van der Waals surface area (Å²) in [5.41, 5.74) is -0.390. The van der Waals surface area contributed by atoms with E-state index in [1.807, 2.05) is 0 Å². The van der Waals surface area contributed by atoms with Crippen LogP contribution in [0.3, 0.4) is 0 Å². The lowest BCUT2D eigenvalue weighted by atomic mass is 9.94. The molecule has 0 saturated carbocycles. The average molecular weight is 344 g/mol. The summed E-state index contributed by atoms with van der Waals surface area (Å²) in [6.07, 6.45) is 1.07. The summed E-state index contributed by atoms with van der Waals surface area (Å²) >= 11 is 3.34. The highest BCUT2D eigenvalue weighted by atomic mass is 79.9. The van der Waals surface area contributed by atoms with Crippen LogP contribution < -0.4 is 10.1 Å². The Labute approximate surface area is 126 Å². The van der Waals surface area contributed by atoms with E-state index in [9.17, 15) is 9.90 Å². The number of nitrogens with one attached hydrogen (secondary N) is 1. The average Bonchev–Trinajstić information content (AvgIpc) is 2.46. The highest BCUT2D eigenvalue weighted by Gasteiger charge is 2.30. The molecule has 1 fully saturated rings. The van der Waals surface area contributed by atoms with Crippen LogP contribution in [0.15, 0.2) is 22.7 Å². The van der Waals surface area contributed by atoms with Gasteiger partial charge in [0.25, 0.3) is 5.91 Å². The van der Waals surface area contributed by atoms with Crippen LogP contribution in [0, 0.1) is 0 Å². The number of hydrogen-bond acceptors (Lipinski definition) is 4. The maximum absolute atomic E-state index is 12.2. The lowest BCUT2D eigenvalue weighted by molar-refractivity contribution is -0.0605. The molecule has 110 valence electrons. The summed E-state index contributed by atoms with van der Waals surface area (Å²) in [4.78, 5) is 12.2. The van der Waals surface area contributed by atoms with Gasteiger partial charge in [-0.1, -0.05) is 0 Å². The second-order valence-corrected chi connectivity index (χ2v) is 5.72. The van der Waals surface area contributed by atoms with E-state index < -0.39 is 5.60 Å². The van der Waals surface area contributed by atoms with Gasteiger partial charge in [0.2, 0.25) is 0 Å². The third-order valence-electron chi connectivity index (χ3n) is 3.42. The van der Waals surface area contributed by atoms with E-state index in [1.54, 1.807) is 25.3 Å². The molecular formula is C14H18BrNO4. The fraction of sp³-hybridized carbons (Fsp3) is 0.500. The van der Waals surface area contributed by atoms with Crippen molar-refractivity contribution in [2.45, 2.75) is 18.4 Å². The first-order chi connectivity index (χ1) is 9.54. The van der Waals surface area contributed by atoms with E-state index in [0.29, 0.717) is 41.8 Å². The number of ether oxygens (including phenoxy) is 2. The van der Waals surface area contributed by atoms with Gasteiger partial charge in [0, 0.05) is 37.1 Å². The minimum atomic E-state index is -0.876. The molecule has 5 nitrogen and oxygen atoms in total. The number of carbonyl (C=O) groups excluding carboxylic acids is 1. The Morgan fingerprint density at radius 2 is 2.20 bits per heavy atom. The molecular weight excluding hydrogens is 326 g/mol. The van der Waals surface area contributed by atoms with Gasteiger partial charge < -0.3 is 19.9 Å². The quantitative estimate of drug-likeness (QED) is 0.873. The van der Waals surface area contributed by atoms with Crippen molar-refractivity contribution in [3.05, 3.63) is 28.2 Å². The summed E-state index contributed by atoms with van der Waals surface area (Å²) in [5.74, 6) is 0.374. The van der Waals surface area contributed by atoms with Gasteiger partial charge in [-0.05, 0) is 34.1 Å². The van der Waals surface area contributed by atoms with Gasteiger partial charge in [0.05, 0.1) is 18.3 Å². The summed E-state index contributed by atoms with van der Waals surface area (Å²) < 4.78 is 11.0. The number of hydrogen-bond donors (Lipinski definition) is 2. The Hall–Kier alpha value is -1.11. The first-order valence-corrected chi connectivity index (χ1v) is 7.25. The van der Waals surface area contributed by atoms with E-state index in [0.717, 1.165) is 0 Å². The molecule has 20 heavy (non-hydrogen) atoms. The fourth-order valence-corrected chi connectivity index (χ4v) is 2.50. The van der Waals surface area contributed by atoms with Gasteiger partial charge in [-0.2, -0.15) is 0 Å². The maximum atomic E-state index is 12.2. The van der Waals surface area contributed by atoms with Crippen LogP contribution in [-0.4, -0.2) is 43.5 Å². The standard InChI is InChI=1S/C14H18BrNO4/c1-19-10-2-3-12(15)11(8-10)13(17)16-9-14(18)4-6-20-7-5-14/h2-3,8,18H,4-7,9H2,1H3,(H,16,17). The Balaban J connectivity index is 2.01. The normalized spacial score (nSPS) is 17.6. The zero-order valence-corrected chi connectivity index (χ0v) is 12.9. The number of rotatable bonds is 4. The summed E-state index contributed by atoms with van der Waals surface area (Å²) in [6.45, 7) is 1.27. The van der Waals surface area contributed by atoms with Crippen LogP contribution in [-0.2, 0) is 4.74 Å². The molecule has 0 unspecified atom stereocenters. The van der Waals surface area contributed by atoms with Crippen molar-refractivity contribution in [2.75, 3.05) is 26.9 Å². The largest absolute Gasteiger partial charge is 0.497 e. The number of aliphatic hydroxyl groups is 1. The Morgan fingerprint density at radius 3 is 2.85 bits per heavy atom. The number of halogens is 1. The first-order valence-electron chi connectivity index (χ1n) is 6.46. The van der Waals surface area contributed by atoms with Crippen molar-refractivity contribution in [1.29, 1.82) is 0 Å². The van der Waals surface area contributed by atoms with Crippen LogP contribution in [0.1, 0.15) is 23.2 Å². The van der Waals surface area contributed by atoms with Crippen molar-refractivity contribution >= 4 is 21.8 Å². The van der Waals surface area contributed by atoms with Crippen LogP contribution in [0.5, 0.6) is 5.75 Å². The zero-order valence-electron chi connectivity index (χ0n) is 11.3. The van der Waals surface area contributed by atoms with Gasteiger partial charge in [0.15, 0.2) is 0 Å². The second-order valence-electron chi connectivity index (χ2n) is 4.87. The zero-order chi connectivity index (χ0) is 14.6. The molecule has 0 aliphatic carbocycles. The number of benzene rings is 1. The van der Waals surface area contributed by atoms with Gasteiger partial charge in [-0.15, -0.1) is 0 Å². The van der Waals surface area contributed by atoms with Crippen LogP contribution >= 0.6 is 15.9 Å². The smallest absolute Gasteiger partial charge is 0.252 e. The molecule has 1 aliphatic rings. The molecule has 2 N–H and O–H groups in total. The molecule has 0 spiro atoms. The minimum absolute atomic E-state index is 0.221. The highest BCUT2D eigenvalue weighted by Crippen LogP contribution is 2.23. The van der Waals surface area contributed by atoms with Crippen molar-refractivity contribution < 1.29 is 19.4 Å². The molecule has 0 atom stereocenters. The Kier molecular flexibility index (Phi) is 5.01. The maximum Gasteiger partial charge on any atom is 0.252 e. The Bertz CT molecular complexity index is 486. The van der Waals surface area contributed by atoms with Crippen LogP contribution in [0.4, 0.5) is 0 Å². The summed E-state index contributed by atoms with van der Waals surface area (Å²) in [6, 6.07) is 5.19. The molecule has 1 aromatic carbocycles. The van der Waals surface area contributed by atoms with Crippen LogP contribution in [0.2, 0.25) is 0 Å². The van der Waals surface area contributed by atoms with Gasteiger partial charge in [-0.25, -0.2) is 0 Å². The van der Waals surface area contributed by atoms with Crippen molar-refractivity contribution in [3.63, 3.8) is 0 Å².